The Balaban J connectivity index is 1.34. The number of nitrogens with zero attached hydrogens (tertiary/aromatic N) is 5. The normalized spacial score (nSPS) is 14.2. The van der Waals surface area contributed by atoms with Crippen LogP contribution in [0, 0.1) is 5.82 Å². The molecule has 1 fully saturated rings. The van der Waals surface area contributed by atoms with Crippen LogP contribution in [0.15, 0.2) is 53.3 Å². The van der Waals surface area contributed by atoms with Crippen molar-refractivity contribution in [3.05, 3.63) is 66.0 Å². The molecule has 8 nitrogen and oxygen atoms in total. The summed E-state index contributed by atoms with van der Waals surface area (Å²) in [6.45, 7) is 2.89. The van der Waals surface area contributed by atoms with Gasteiger partial charge < -0.3 is 19.5 Å². The lowest BCUT2D eigenvalue weighted by molar-refractivity contribution is 0.0714. The number of aromatic nitrogens is 3. The Morgan fingerprint density at radius 2 is 1.93 bits per heavy atom. The molecule has 9 heteroatoms. The molecule has 1 saturated heterocycles. The van der Waals surface area contributed by atoms with E-state index >= 15 is 0 Å². The summed E-state index contributed by atoms with van der Waals surface area (Å²) in [6.07, 6.45) is 3.10. The Kier molecular flexibility index (Phi) is 5.14. The lowest BCUT2D eigenvalue weighted by Gasteiger charge is -2.34. The molecule has 0 aliphatic carbocycles. The van der Waals surface area contributed by atoms with E-state index in [-0.39, 0.29) is 11.7 Å². The monoisotopic (exact) mass is 382 g/mol. The predicted molar refractivity (Wildman–Crippen MR) is 100 cm³/mol. The van der Waals surface area contributed by atoms with Crippen molar-refractivity contribution in [2.45, 2.75) is 6.54 Å². The number of nitrogens with one attached hydrogen (secondary N) is 1. The summed E-state index contributed by atoms with van der Waals surface area (Å²) >= 11 is 0. The van der Waals surface area contributed by atoms with Crippen LogP contribution in [-0.2, 0) is 6.54 Å². The minimum absolute atomic E-state index is 0.105. The van der Waals surface area contributed by atoms with E-state index in [1.165, 1.54) is 18.4 Å². The van der Waals surface area contributed by atoms with E-state index in [9.17, 15) is 9.18 Å². The van der Waals surface area contributed by atoms with Gasteiger partial charge in [0.15, 0.2) is 11.6 Å². The van der Waals surface area contributed by atoms with Gasteiger partial charge in [-0.05, 0) is 29.8 Å². The van der Waals surface area contributed by atoms with Crippen LogP contribution in [0.3, 0.4) is 0 Å². The van der Waals surface area contributed by atoms with Crippen molar-refractivity contribution in [2.75, 3.05) is 36.4 Å². The molecule has 3 aromatic rings. The maximum atomic E-state index is 13.0. The van der Waals surface area contributed by atoms with Gasteiger partial charge in [-0.25, -0.2) is 4.39 Å². The molecule has 28 heavy (non-hydrogen) atoms. The summed E-state index contributed by atoms with van der Waals surface area (Å²) in [6, 6.07) is 9.61. The lowest BCUT2D eigenvalue weighted by Crippen LogP contribution is -2.49. The smallest absolute Gasteiger partial charge is 0.289 e. The third-order valence-corrected chi connectivity index (χ3v) is 4.53. The number of hydrogen-bond acceptors (Lipinski definition) is 7. The van der Waals surface area contributed by atoms with E-state index in [0.717, 1.165) is 5.56 Å². The van der Waals surface area contributed by atoms with Crippen molar-refractivity contribution < 1.29 is 13.6 Å². The average molecular weight is 382 g/mol. The highest BCUT2D eigenvalue weighted by Crippen LogP contribution is 2.16. The van der Waals surface area contributed by atoms with Crippen LogP contribution in [0.1, 0.15) is 16.1 Å². The molecule has 1 aliphatic rings. The van der Waals surface area contributed by atoms with E-state index in [2.05, 4.69) is 25.4 Å². The fourth-order valence-corrected chi connectivity index (χ4v) is 3.00. The van der Waals surface area contributed by atoms with Crippen LogP contribution in [0.4, 0.5) is 16.2 Å². The molecule has 1 aliphatic heterocycles. The molecule has 3 heterocycles. The molecule has 2 aromatic heterocycles. The maximum absolute atomic E-state index is 13.0. The van der Waals surface area contributed by atoms with E-state index < -0.39 is 0 Å². The zero-order valence-corrected chi connectivity index (χ0v) is 15.1. The minimum atomic E-state index is -0.270. The third kappa shape index (κ3) is 4.08. The highest BCUT2D eigenvalue weighted by Gasteiger charge is 2.24. The van der Waals surface area contributed by atoms with Gasteiger partial charge in [0.2, 0.25) is 5.95 Å². The maximum Gasteiger partial charge on any atom is 0.289 e. The summed E-state index contributed by atoms with van der Waals surface area (Å²) in [7, 11) is 0. The molecule has 0 radical (unpaired) electrons. The Morgan fingerprint density at radius 1 is 1.14 bits per heavy atom. The van der Waals surface area contributed by atoms with Crippen LogP contribution in [0.25, 0.3) is 0 Å². The molecule has 1 N–H and O–H groups in total. The van der Waals surface area contributed by atoms with E-state index in [0.29, 0.717) is 50.3 Å². The number of carbonyl (C=O) groups excluding carboxylic acids is 1. The quantitative estimate of drug-likeness (QED) is 0.724. The summed E-state index contributed by atoms with van der Waals surface area (Å²) in [5.74, 6) is 1.07. The number of benzene rings is 1. The van der Waals surface area contributed by atoms with Crippen molar-refractivity contribution >= 4 is 17.7 Å². The first-order valence-electron chi connectivity index (χ1n) is 8.95. The van der Waals surface area contributed by atoms with Crippen LogP contribution < -0.4 is 10.2 Å². The molecule has 0 saturated carbocycles. The second-order valence-corrected chi connectivity index (χ2v) is 6.37. The summed E-state index contributed by atoms with van der Waals surface area (Å²) in [5.41, 5.74) is 0.917. The van der Waals surface area contributed by atoms with E-state index in [4.69, 9.17) is 4.42 Å². The van der Waals surface area contributed by atoms with Crippen molar-refractivity contribution in [3.8, 4) is 0 Å². The van der Waals surface area contributed by atoms with E-state index in [1.807, 2.05) is 0 Å². The van der Waals surface area contributed by atoms with Gasteiger partial charge in [-0.3, -0.25) is 4.79 Å². The topological polar surface area (TPSA) is 87.4 Å². The fraction of sp³-hybridized carbons (Fsp3) is 0.263. The highest BCUT2D eigenvalue weighted by atomic mass is 19.1. The molecule has 0 atom stereocenters. The first-order chi connectivity index (χ1) is 13.7. The summed E-state index contributed by atoms with van der Waals surface area (Å²) in [5, 5.41) is 11.1. The molecular weight excluding hydrogens is 363 g/mol. The summed E-state index contributed by atoms with van der Waals surface area (Å²) in [4.78, 5) is 20.7. The van der Waals surface area contributed by atoms with Crippen LogP contribution in [0.2, 0.25) is 0 Å². The summed E-state index contributed by atoms with van der Waals surface area (Å²) < 4.78 is 18.2. The number of piperazine rings is 1. The largest absolute Gasteiger partial charge is 0.459 e. The third-order valence-electron chi connectivity index (χ3n) is 4.53. The van der Waals surface area contributed by atoms with Crippen molar-refractivity contribution in [1.82, 2.24) is 20.1 Å². The predicted octanol–water partition coefficient (Wildman–Crippen LogP) is 2.18. The second-order valence-electron chi connectivity index (χ2n) is 6.37. The van der Waals surface area contributed by atoms with Gasteiger partial charge in [-0.1, -0.05) is 12.1 Å². The average Bonchev–Trinajstić information content (AvgIpc) is 3.28. The molecule has 0 spiro atoms. The van der Waals surface area contributed by atoms with Gasteiger partial charge >= 0.3 is 0 Å². The molecule has 0 bridgehead atoms. The van der Waals surface area contributed by atoms with Gasteiger partial charge in [0, 0.05) is 32.7 Å². The number of carbonyl (C=O) groups is 1. The molecule has 1 aromatic carbocycles. The molecular formula is C19H19FN6O2. The molecule has 144 valence electrons. The Morgan fingerprint density at radius 3 is 2.64 bits per heavy atom. The van der Waals surface area contributed by atoms with Gasteiger partial charge in [-0.2, -0.15) is 10.1 Å². The number of rotatable bonds is 5. The van der Waals surface area contributed by atoms with Crippen LogP contribution in [0.5, 0.6) is 0 Å². The first-order valence-corrected chi connectivity index (χ1v) is 8.95. The van der Waals surface area contributed by atoms with Crippen molar-refractivity contribution in [2.24, 2.45) is 0 Å². The van der Waals surface area contributed by atoms with Gasteiger partial charge in [-0.15, -0.1) is 5.10 Å². The number of halogens is 1. The van der Waals surface area contributed by atoms with Gasteiger partial charge in [0.1, 0.15) is 5.82 Å². The van der Waals surface area contributed by atoms with E-state index in [1.54, 1.807) is 35.4 Å². The fourth-order valence-electron chi connectivity index (χ4n) is 3.00. The van der Waals surface area contributed by atoms with Gasteiger partial charge in [0.05, 0.1) is 12.5 Å². The highest BCUT2D eigenvalue weighted by molar-refractivity contribution is 5.91. The standard InChI is InChI=1S/C19H19FN6O2/c20-15-5-3-14(4-6-15)12-21-19-23-17(13-22-24-19)25-7-9-26(10-8-25)18(27)16-2-1-11-28-16/h1-6,11,13H,7-10,12H2,(H,21,23,24). The minimum Gasteiger partial charge on any atom is -0.459 e. The zero-order chi connectivity index (χ0) is 19.3. The second kappa shape index (κ2) is 8.03. The molecule has 0 unspecified atom stereocenters. The molecule has 1 amide bonds. The van der Waals surface area contributed by atoms with Crippen molar-refractivity contribution in [1.29, 1.82) is 0 Å². The van der Waals surface area contributed by atoms with Gasteiger partial charge in [0.25, 0.3) is 5.91 Å². The first kappa shape index (κ1) is 17.9. The zero-order valence-electron chi connectivity index (χ0n) is 15.1. The van der Waals surface area contributed by atoms with Crippen LogP contribution >= 0.6 is 0 Å². The SMILES string of the molecule is O=C(c1ccco1)N1CCN(c2cnnc(NCc3ccc(F)cc3)n2)CC1. The van der Waals surface area contributed by atoms with Crippen molar-refractivity contribution in [3.63, 3.8) is 0 Å². The van der Waals surface area contributed by atoms with Crippen LogP contribution in [-0.4, -0.2) is 52.2 Å². The Labute approximate surface area is 161 Å². The number of furan rings is 1. The Hall–Kier alpha value is -3.49. The molecule has 4 rings (SSSR count). The number of amides is 1. The lowest BCUT2D eigenvalue weighted by atomic mass is 10.2. The number of hydrogen-bond donors (Lipinski definition) is 1. The number of anilines is 2. The Bertz CT molecular complexity index is 924.